The number of benzene rings is 1. The molecule has 1 amide bonds. The maximum Gasteiger partial charge on any atom is 0.410 e. The Morgan fingerprint density at radius 2 is 2.00 bits per heavy atom. The summed E-state index contributed by atoms with van der Waals surface area (Å²) in [5.41, 5.74) is -0.235. The van der Waals surface area contributed by atoms with Crippen molar-refractivity contribution in [3.8, 4) is 0 Å². The number of likely N-dealkylation sites (tertiary alicyclic amines) is 1. The second-order valence-electron chi connectivity index (χ2n) is 6.78. The predicted molar refractivity (Wildman–Crippen MR) is 92.6 cm³/mol. The maximum atomic E-state index is 12.0. The molecule has 7 nitrogen and oxygen atoms in total. The fourth-order valence-electron chi connectivity index (χ4n) is 2.54. The SMILES string of the molecule is CC(C)(C)OC(=O)N1CCC(Nc2c(Cl)cccc2[N+](=O)[O-])CC1. The molecule has 8 heteroatoms. The molecule has 0 bridgehead atoms. The van der Waals surface area contributed by atoms with E-state index >= 15 is 0 Å². The molecule has 132 valence electrons. The third-order valence-electron chi connectivity index (χ3n) is 3.68. The minimum absolute atomic E-state index is 0.0160. The lowest BCUT2D eigenvalue weighted by Crippen LogP contribution is -2.44. The Morgan fingerprint density at radius 1 is 1.38 bits per heavy atom. The molecule has 2 rings (SSSR count). The number of amides is 1. The van der Waals surface area contributed by atoms with Crippen molar-refractivity contribution in [2.24, 2.45) is 0 Å². The number of hydrogen-bond acceptors (Lipinski definition) is 5. The molecule has 24 heavy (non-hydrogen) atoms. The van der Waals surface area contributed by atoms with Crippen molar-refractivity contribution in [3.63, 3.8) is 0 Å². The lowest BCUT2D eigenvalue weighted by Gasteiger charge is -2.34. The highest BCUT2D eigenvalue weighted by Gasteiger charge is 2.28. The summed E-state index contributed by atoms with van der Waals surface area (Å²) in [6.45, 7) is 6.55. The summed E-state index contributed by atoms with van der Waals surface area (Å²) >= 11 is 6.09. The second-order valence-corrected chi connectivity index (χ2v) is 7.18. The van der Waals surface area contributed by atoms with E-state index in [9.17, 15) is 14.9 Å². The molecular formula is C16H22ClN3O4. The predicted octanol–water partition coefficient (Wildman–Crippen LogP) is 4.06. The topological polar surface area (TPSA) is 84.7 Å². The van der Waals surface area contributed by atoms with E-state index in [2.05, 4.69) is 5.32 Å². The average molecular weight is 356 g/mol. The van der Waals surface area contributed by atoms with Gasteiger partial charge >= 0.3 is 6.09 Å². The number of para-hydroxylation sites is 1. The van der Waals surface area contributed by atoms with Gasteiger partial charge in [0.15, 0.2) is 0 Å². The van der Waals surface area contributed by atoms with Crippen LogP contribution in [0.3, 0.4) is 0 Å². The molecule has 1 aliphatic rings. The Hall–Kier alpha value is -2.02. The third kappa shape index (κ3) is 4.74. The van der Waals surface area contributed by atoms with E-state index in [4.69, 9.17) is 16.3 Å². The number of carbonyl (C=O) groups is 1. The number of nitro benzene ring substituents is 1. The zero-order chi connectivity index (χ0) is 17.9. The number of carbonyl (C=O) groups excluding carboxylic acids is 1. The summed E-state index contributed by atoms with van der Waals surface area (Å²) in [4.78, 5) is 24.4. The van der Waals surface area contributed by atoms with Crippen molar-refractivity contribution in [2.75, 3.05) is 18.4 Å². The van der Waals surface area contributed by atoms with Crippen LogP contribution in [0.2, 0.25) is 5.02 Å². The Morgan fingerprint density at radius 3 is 2.54 bits per heavy atom. The lowest BCUT2D eigenvalue weighted by molar-refractivity contribution is -0.384. The first-order valence-electron chi connectivity index (χ1n) is 7.85. The second kappa shape index (κ2) is 7.25. The summed E-state index contributed by atoms with van der Waals surface area (Å²) in [5, 5.41) is 14.6. The minimum Gasteiger partial charge on any atom is -0.444 e. The standard InChI is InChI=1S/C16H22ClN3O4/c1-16(2,3)24-15(21)19-9-7-11(8-10-19)18-14-12(17)5-4-6-13(14)20(22)23/h4-6,11,18H,7-10H2,1-3H3. The van der Waals surface area contributed by atoms with E-state index in [1.54, 1.807) is 17.0 Å². The van der Waals surface area contributed by atoms with Crippen LogP contribution in [0.4, 0.5) is 16.2 Å². The molecule has 1 aliphatic heterocycles. The Kier molecular flexibility index (Phi) is 5.54. The molecule has 1 saturated heterocycles. The molecule has 0 unspecified atom stereocenters. The molecule has 0 aromatic heterocycles. The number of hydrogen-bond donors (Lipinski definition) is 1. The summed E-state index contributed by atoms with van der Waals surface area (Å²) in [5.74, 6) is 0. The first-order valence-corrected chi connectivity index (χ1v) is 8.22. The monoisotopic (exact) mass is 355 g/mol. The normalized spacial score (nSPS) is 15.9. The maximum absolute atomic E-state index is 12.0. The molecule has 1 heterocycles. The minimum atomic E-state index is -0.523. The van der Waals surface area contributed by atoms with Gasteiger partial charge in [-0.15, -0.1) is 0 Å². The first-order chi connectivity index (χ1) is 11.2. The third-order valence-corrected chi connectivity index (χ3v) is 4.00. The summed E-state index contributed by atoms with van der Waals surface area (Å²) < 4.78 is 5.36. The van der Waals surface area contributed by atoms with E-state index in [0.29, 0.717) is 36.6 Å². The lowest BCUT2D eigenvalue weighted by atomic mass is 10.0. The van der Waals surface area contributed by atoms with Gasteiger partial charge in [-0.3, -0.25) is 10.1 Å². The Bertz CT molecular complexity index is 622. The molecule has 1 fully saturated rings. The number of nitro groups is 1. The Labute approximate surface area is 146 Å². The van der Waals surface area contributed by atoms with Gasteiger partial charge in [0.05, 0.1) is 9.95 Å². The summed E-state index contributed by atoms with van der Waals surface area (Å²) in [7, 11) is 0. The molecular weight excluding hydrogens is 334 g/mol. The van der Waals surface area contributed by atoms with Gasteiger partial charge in [-0.05, 0) is 39.7 Å². The fraction of sp³-hybridized carbons (Fsp3) is 0.562. The quantitative estimate of drug-likeness (QED) is 0.652. The van der Waals surface area contributed by atoms with Crippen LogP contribution >= 0.6 is 11.6 Å². The van der Waals surface area contributed by atoms with Crippen LogP contribution < -0.4 is 5.32 Å². The molecule has 0 saturated carbocycles. The highest BCUT2D eigenvalue weighted by molar-refractivity contribution is 6.33. The van der Waals surface area contributed by atoms with E-state index in [1.165, 1.54) is 6.07 Å². The van der Waals surface area contributed by atoms with Crippen LogP contribution in [-0.2, 0) is 4.74 Å². The number of nitrogens with zero attached hydrogens (tertiary/aromatic N) is 2. The molecule has 0 aliphatic carbocycles. The average Bonchev–Trinajstić information content (AvgIpc) is 2.48. The van der Waals surface area contributed by atoms with Crippen LogP contribution in [-0.4, -0.2) is 40.6 Å². The van der Waals surface area contributed by atoms with E-state index in [0.717, 1.165) is 0 Å². The molecule has 1 aromatic carbocycles. The first kappa shape index (κ1) is 18.3. The summed E-state index contributed by atoms with van der Waals surface area (Å²) in [6, 6.07) is 4.61. The molecule has 0 atom stereocenters. The number of anilines is 1. The van der Waals surface area contributed by atoms with Gasteiger partial charge in [-0.2, -0.15) is 0 Å². The van der Waals surface area contributed by atoms with Gasteiger partial charge in [-0.1, -0.05) is 17.7 Å². The van der Waals surface area contributed by atoms with E-state index < -0.39 is 10.5 Å². The zero-order valence-electron chi connectivity index (χ0n) is 14.0. The van der Waals surface area contributed by atoms with E-state index in [1.807, 2.05) is 20.8 Å². The smallest absolute Gasteiger partial charge is 0.410 e. The van der Waals surface area contributed by atoms with Gasteiger partial charge in [0.1, 0.15) is 11.3 Å². The molecule has 0 spiro atoms. The molecule has 1 aromatic rings. The summed E-state index contributed by atoms with van der Waals surface area (Å²) in [6.07, 6.45) is 1.01. The number of nitrogens with one attached hydrogen (secondary N) is 1. The van der Waals surface area contributed by atoms with Gasteiger partial charge in [0, 0.05) is 25.2 Å². The van der Waals surface area contributed by atoms with Crippen LogP contribution in [0.5, 0.6) is 0 Å². The van der Waals surface area contributed by atoms with Crippen molar-refractivity contribution in [1.82, 2.24) is 4.90 Å². The van der Waals surface area contributed by atoms with Crippen molar-refractivity contribution in [2.45, 2.75) is 45.3 Å². The van der Waals surface area contributed by atoms with Crippen LogP contribution in [0, 0.1) is 10.1 Å². The van der Waals surface area contributed by atoms with E-state index in [-0.39, 0.29) is 17.8 Å². The highest BCUT2D eigenvalue weighted by atomic mass is 35.5. The van der Waals surface area contributed by atoms with Crippen LogP contribution in [0.25, 0.3) is 0 Å². The molecule has 0 radical (unpaired) electrons. The van der Waals surface area contributed by atoms with Gasteiger partial charge < -0.3 is 15.0 Å². The number of halogens is 1. The largest absolute Gasteiger partial charge is 0.444 e. The number of piperidine rings is 1. The van der Waals surface area contributed by atoms with Crippen molar-refractivity contribution in [3.05, 3.63) is 33.3 Å². The molecule has 1 N–H and O–H groups in total. The number of rotatable bonds is 3. The van der Waals surface area contributed by atoms with Crippen molar-refractivity contribution < 1.29 is 14.5 Å². The fourth-order valence-corrected chi connectivity index (χ4v) is 2.77. The van der Waals surface area contributed by atoms with Crippen LogP contribution in [0.1, 0.15) is 33.6 Å². The zero-order valence-corrected chi connectivity index (χ0v) is 14.8. The number of ether oxygens (including phenoxy) is 1. The van der Waals surface area contributed by atoms with Crippen LogP contribution in [0.15, 0.2) is 18.2 Å². The highest BCUT2D eigenvalue weighted by Crippen LogP contribution is 2.33. The Balaban J connectivity index is 1.97. The van der Waals surface area contributed by atoms with Gasteiger partial charge in [0.25, 0.3) is 5.69 Å². The van der Waals surface area contributed by atoms with Gasteiger partial charge in [0.2, 0.25) is 0 Å². The van der Waals surface area contributed by atoms with Crippen molar-refractivity contribution in [1.29, 1.82) is 0 Å². The van der Waals surface area contributed by atoms with Crippen molar-refractivity contribution >= 4 is 29.1 Å². The van der Waals surface area contributed by atoms with Gasteiger partial charge in [-0.25, -0.2) is 4.79 Å².